The van der Waals surface area contributed by atoms with E-state index in [0.717, 1.165) is 70.6 Å². The highest BCUT2D eigenvalue weighted by molar-refractivity contribution is 7.45. The molecular weight excluding hydrogens is 840 g/mol. The Kier molecular flexibility index (Phi) is 46.1. The van der Waals surface area contributed by atoms with Gasteiger partial charge in [-0.1, -0.05) is 234 Å². The third-order valence-electron chi connectivity index (χ3n) is 11.6. The van der Waals surface area contributed by atoms with E-state index in [9.17, 15) is 19.4 Å². The van der Waals surface area contributed by atoms with Crippen molar-refractivity contribution in [3.8, 4) is 0 Å². The second-order valence-electron chi connectivity index (χ2n) is 19.2. The summed E-state index contributed by atoms with van der Waals surface area (Å²) in [7, 11) is 1.25. The lowest BCUT2D eigenvalue weighted by atomic mass is 10.0. The molecule has 0 aliphatic heterocycles. The lowest BCUT2D eigenvalue weighted by Crippen LogP contribution is -2.45. The van der Waals surface area contributed by atoms with Crippen LogP contribution in [0.2, 0.25) is 0 Å². The van der Waals surface area contributed by atoms with Gasteiger partial charge in [-0.15, -0.1) is 0 Å². The number of hydrogen-bond donors (Lipinski definition) is 2. The SMILES string of the molecule is CC/C=C\C/C=C\C/C=C\C/C=C\C/C=C\C/C=C\CCCCCCCCCCCCCCCCCCCCCCCCC(=O)NC(COP(=O)([O-])OCC[N+](C)(C)C)C(O)/C=C/CCC. The molecule has 0 spiro atoms. The Labute approximate surface area is 407 Å². The van der Waals surface area contributed by atoms with Crippen LogP contribution in [0.4, 0.5) is 0 Å². The highest BCUT2D eigenvalue weighted by Gasteiger charge is 2.23. The third kappa shape index (κ3) is 49.6. The first kappa shape index (κ1) is 63.7. The fourth-order valence-electron chi connectivity index (χ4n) is 7.40. The number of hydrogen-bond acceptors (Lipinski definition) is 6. The van der Waals surface area contributed by atoms with Gasteiger partial charge in [0.15, 0.2) is 0 Å². The summed E-state index contributed by atoms with van der Waals surface area (Å²) in [4.78, 5) is 25.0. The van der Waals surface area contributed by atoms with Crippen molar-refractivity contribution in [3.63, 3.8) is 0 Å². The maximum Gasteiger partial charge on any atom is 0.268 e. The molecule has 0 fully saturated rings. The van der Waals surface area contributed by atoms with Crippen LogP contribution in [0.3, 0.4) is 0 Å². The Balaban J connectivity index is 3.65. The molecule has 0 rings (SSSR count). The molecule has 1 amide bonds. The van der Waals surface area contributed by atoms with Crippen molar-refractivity contribution < 1.29 is 32.9 Å². The number of aliphatic hydroxyl groups excluding tert-OH is 1. The summed E-state index contributed by atoms with van der Waals surface area (Å²) in [5, 5.41) is 13.4. The molecule has 3 atom stereocenters. The molecule has 0 aromatic rings. The molecular formula is C57H103N2O6P. The molecule has 9 heteroatoms. The number of nitrogens with one attached hydrogen (secondary N) is 1. The number of aliphatic hydroxyl groups is 1. The van der Waals surface area contributed by atoms with E-state index in [-0.39, 0.29) is 19.1 Å². The first-order valence-electron chi connectivity index (χ1n) is 26.9. The van der Waals surface area contributed by atoms with E-state index in [2.05, 4.69) is 85.2 Å². The minimum atomic E-state index is -4.57. The molecule has 0 bridgehead atoms. The first-order chi connectivity index (χ1) is 32.0. The molecule has 2 N–H and O–H groups in total. The van der Waals surface area contributed by atoms with Gasteiger partial charge >= 0.3 is 0 Å². The predicted octanol–water partition coefficient (Wildman–Crippen LogP) is 15.5. The van der Waals surface area contributed by atoms with Crippen molar-refractivity contribution in [3.05, 3.63) is 85.1 Å². The van der Waals surface area contributed by atoms with Crippen LogP contribution >= 0.6 is 7.82 Å². The molecule has 0 aliphatic rings. The molecule has 66 heavy (non-hydrogen) atoms. The van der Waals surface area contributed by atoms with E-state index in [1.165, 1.54) is 128 Å². The minimum absolute atomic E-state index is 0.00368. The maximum atomic E-state index is 12.7. The Morgan fingerprint density at radius 3 is 1.32 bits per heavy atom. The number of nitrogens with zero attached hydrogens (tertiary/aromatic N) is 1. The summed E-state index contributed by atoms with van der Waals surface area (Å²) in [6.07, 6.45) is 67.8. The van der Waals surface area contributed by atoms with Crippen LogP contribution in [0.25, 0.3) is 0 Å². The van der Waals surface area contributed by atoms with Gasteiger partial charge in [-0.3, -0.25) is 9.36 Å². The summed E-state index contributed by atoms with van der Waals surface area (Å²) in [6, 6.07) is -0.882. The average molecular weight is 943 g/mol. The van der Waals surface area contributed by atoms with Crippen LogP contribution in [-0.2, 0) is 18.4 Å². The van der Waals surface area contributed by atoms with Gasteiger partial charge in [0.1, 0.15) is 13.2 Å². The molecule has 8 nitrogen and oxygen atoms in total. The number of carbonyl (C=O) groups excluding carboxylic acids is 1. The van der Waals surface area contributed by atoms with Gasteiger partial charge in [-0.25, -0.2) is 0 Å². The average Bonchev–Trinajstić information content (AvgIpc) is 3.27. The molecule has 0 aliphatic carbocycles. The first-order valence-corrected chi connectivity index (χ1v) is 28.4. The normalized spacial score (nSPS) is 14.7. The molecule has 3 unspecified atom stereocenters. The van der Waals surface area contributed by atoms with Crippen LogP contribution in [0.5, 0.6) is 0 Å². The fourth-order valence-corrected chi connectivity index (χ4v) is 8.12. The second-order valence-corrected chi connectivity index (χ2v) is 20.6. The van der Waals surface area contributed by atoms with Crippen molar-refractivity contribution in [2.24, 2.45) is 0 Å². The zero-order chi connectivity index (χ0) is 48.5. The van der Waals surface area contributed by atoms with E-state index in [4.69, 9.17) is 9.05 Å². The summed E-state index contributed by atoms with van der Waals surface area (Å²) < 4.78 is 22.9. The monoisotopic (exact) mass is 943 g/mol. The quantitative estimate of drug-likeness (QED) is 0.0272. The minimum Gasteiger partial charge on any atom is -0.756 e. The number of rotatable bonds is 48. The molecule has 0 aromatic heterocycles. The summed E-state index contributed by atoms with van der Waals surface area (Å²) in [5.74, 6) is -0.209. The number of allylic oxidation sites excluding steroid dienone is 13. The summed E-state index contributed by atoms with van der Waals surface area (Å²) >= 11 is 0. The summed E-state index contributed by atoms with van der Waals surface area (Å²) in [5.41, 5.74) is 0. The van der Waals surface area contributed by atoms with E-state index in [1.807, 2.05) is 34.1 Å². The molecule has 0 saturated carbocycles. The Hall–Kier alpha value is -2.32. The molecule has 0 radical (unpaired) electrons. The lowest BCUT2D eigenvalue weighted by Gasteiger charge is -2.29. The van der Waals surface area contributed by atoms with Crippen LogP contribution in [0.1, 0.15) is 219 Å². The molecule has 0 saturated heterocycles. The van der Waals surface area contributed by atoms with Crippen molar-refractivity contribution in [2.45, 2.75) is 231 Å². The van der Waals surface area contributed by atoms with Gasteiger partial charge in [0.05, 0.1) is 39.9 Å². The van der Waals surface area contributed by atoms with Gasteiger partial charge in [0.2, 0.25) is 5.91 Å². The van der Waals surface area contributed by atoms with Crippen LogP contribution in [0, 0.1) is 0 Å². The van der Waals surface area contributed by atoms with Crippen LogP contribution in [0.15, 0.2) is 85.1 Å². The topological polar surface area (TPSA) is 108 Å². The number of phosphoric ester groups is 1. The molecule has 382 valence electrons. The highest BCUT2D eigenvalue weighted by Crippen LogP contribution is 2.38. The standard InChI is InChI=1S/C57H103N2O6P/c1-6-8-10-11-12-13-14-15-16-17-18-19-20-21-22-23-24-25-26-27-28-29-30-31-32-33-34-35-36-37-38-39-40-41-42-43-44-45-46-47-49-51-57(61)58-55(56(60)50-48-9-7-2)54-65-66(62,63)64-53-52-59(3,4)5/h8,10,12-13,15-16,18-19,21-22,24-25,48,50,55-56,60H,6-7,9,11,14,17,20,23,26-47,49,51-54H2,1-5H3,(H-,58,61,62,63)/b10-8-,13-12-,16-15-,19-18-,22-21-,25-24-,50-48+. The van der Waals surface area contributed by atoms with Crippen molar-refractivity contribution in [1.82, 2.24) is 5.32 Å². The number of carbonyl (C=O) groups is 1. The number of phosphoric acid groups is 1. The number of unbranched alkanes of at least 4 members (excludes halogenated alkanes) is 23. The van der Waals surface area contributed by atoms with Gasteiger partial charge in [0, 0.05) is 6.42 Å². The van der Waals surface area contributed by atoms with Crippen LogP contribution in [-0.4, -0.2) is 68.5 Å². The Morgan fingerprint density at radius 2 is 0.924 bits per heavy atom. The number of likely N-dealkylation sites (N-methyl/N-ethyl adjacent to an activating group) is 1. The van der Waals surface area contributed by atoms with E-state index in [0.29, 0.717) is 17.4 Å². The smallest absolute Gasteiger partial charge is 0.268 e. The van der Waals surface area contributed by atoms with Crippen molar-refractivity contribution in [1.29, 1.82) is 0 Å². The summed E-state index contributed by atoms with van der Waals surface area (Å²) in [6.45, 7) is 4.31. The van der Waals surface area contributed by atoms with Gasteiger partial charge in [-0.05, 0) is 64.2 Å². The molecule has 0 aromatic carbocycles. The predicted molar refractivity (Wildman–Crippen MR) is 283 cm³/mol. The van der Waals surface area contributed by atoms with E-state index >= 15 is 0 Å². The van der Waals surface area contributed by atoms with Crippen LogP contribution < -0.4 is 10.2 Å². The zero-order valence-electron chi connectivity index (χ0n) is 43.4. The Bertz CT molecular complexity index is 1350. The van der Waals surface area contributed by atoms with Crippen molar-refractivity contribution >= 4 is 13.7 Å². The second kappa shape index (κ2) is 47.7. The van der Waals surface area contributed by atoms with Gasteiger partial charge in [-0.2, -0.15) is 0 Å². The molecule has 0 heterocycles. The number of amides is 1. The lowest BCUT2D eigenvalue weighted by molar-refractivity contribution is -0.870. The Morgan fingerprint density at radius 1 is 0.545 bits per heavy atom. The largest absolute Gasteiger partial charge is 0.756 e. The third-order valence-corrected chi connectivity index (χ3v) is 12.6. The van der Waals surface area contributed by atoms with E-state index in [1.54, 1.807) is 6.08 Å². The van der Waals surface area contributed by atoms with E-state index < -0.39 is 20.0 Å². The highest BCUT2D eigenvalue weighted by atomic mass is 31.2. The maximum absolute atomic E-state index is 12.7. The number of quaternary nitrogens is 1. The van der Waals surface area contributed by atoms with Gasteiger partial charge < -0.3 is 28.8 Å². The van der Waals surface area contributed by atoms with Gasteiger partial charge in [0.25, 0.3) is 7.82 Å². The zero-order valence-corrected chi connectivity index (χ0v) is 44.3. The van der Waals surface area contributed by atoms with Crippen molar-refractivity contribution in [2.75, 3.05) is 40.9 Å². The fraction of sp³-hybridized carbons (Fsp3) is 0.737.